The Morgan fingerprint density at radius 1 is 0.176 bits per heavy atom. The number of benzene rings is 18. The van der Waals surface area contributed by atoms with Crippen molar-refractivity contribution in [2.24, 2.45) is 0 Å². The van der Waals surface area contributed by atoms with Crippen molar-refractivity contribution in [3.8, 4) is 61.6 Å². The Balaban J connectivity index is 0.000000108. The van der Waals surface area contributed by atoms with Crippen molar-refractivity contribution in [2.75, 3.05) is 35.8 Å². The summed E-state index contributed by atoms with van der Waals surface area (Å²) in [5, 5.41) is 12.8. The van der Waals surface area contributed by atoms with E-state index in [0.717, 1.165) is 0 Å². The van der Waals surface area contributed by atoms with Crippen molar-refractivity contribution in [3.05, 3.63) is 427 Å². The zero-order valence-electron chi connectivity index (χ0n) is 72.6. The summed E-state index contributed by atoms with van der Waals surface area (Å²) in [5.41, 5.74) is 39.9. The van der Waals surface area contributed by atoms with E-state index in [1.54, 1.807) is 0 Å². The van der Waals surface area contributed by atoms with Crippen LogP contribution >= 0.6 is 0 Å². The molecular formula is C119H96N6. The molecule has 0 spiro atoms. The van der Waals surface area contributed by atoms with Gasteiger partial charge in [-0.1, -0.05) is 298 Å². The molecule has 6 nitrogen and oxygen atoms in total. The number of rotatable bonds is 9. The summed E-state index contributed by atoms with van der Waals surface area (Å²) in [7, 11) is 6.55. The van der Waals surface area contributed by atoms with Crippen LogP contribution in [0.25, 0.3) is 149 Å². The highest BCUT2D eigenvalue weighted by molar-refractivity contribution is 6.12. The van der Waals surface area contributed by atoms with Crippen LogP contribution in [0.15, 0.2) is 382 Å². The Kier molecular flexibility index (Phi) is 17.0. The van der Waals surface area contributed by atoms with Crippen LogP contribution in [0.2, 0.25) is 0 Å². The molecule has 0 aliphatic heterocycles. The first-order valence-electron chi connectivity index (χ1n) is 44.0. The van der Waals surface area contributed by atoms with Crippen LogP contribution in [0, 0.1) is 0 Å². The fourth-order valence-electron chi connectivity index (χ4n) is 22.0. The molecule has 125 heavy (non-hydrogen) atoms. The topological polar surface area (TPSA) is 24.5 Å². The predicted molar refractivity (Wildman–Crippen MR) is 531 cm³/mol. The fourth-order valence-corrected chi connectivity index (χ4v) is 22.0. The van der Waals surface area contributed by atoms with Gasteiger partial charge in [0.15, 0.2) is 0 Å². The molecule has 6 heteroatoms. The molecule has 18 aromatic carbocycles. The molecule has 4 aliphatic rings. The minimum atomic E-state index is -0.127. The minimum absolute atomic E-state index is 0.0155. The van der Waals surface area contributed by atoms with Gasteiger partial charge >= 0.3 is 0 Å². The molecule has 0 fully saturated rings. The van der Waals surface area contributed by atoms with Gasteiger partial charge in [0.25, 0.3) is 0 Å². The van der Waals surface area contributed by atoms with Crippen molar-refractivity contribution >= 4 is 121 Å². The quantitative estimate of drug-likeness (QED) is 0.144. The lowest BCUT2D eigenvalue weighted by Crippen LogP contribution is -2.18. The zero-order chi connectivity index (χ0) is 84.7. The summed E-state index contributed by atoms with van der Waals surface area (Å²) in [6, 6.07) is 141. The van der Waals surface area contributed by atoms with E-state index in [9.17, 15) is 0 Å². The smallest absolute Gasteiger partial charge is 0.0541 e. The molecule has 3 heterocycles. The molecular weight excluding hydrogens is 1510 g/mol. The fraction of sp³-hybridized carbons (Fsp3) is 0.126. The number of nitrogens with zero attached hydrogens (tertiary/aromatic N) is 6. The van der Waals surface area contributed by atoms with Gasteiger partial charge in [-0.3, -0.25) is 0 Å². The zero-order valence-corrected chi connectivity index (χ0v) is 72.6. The second-order valence-corrected chi connectivity index (χ2v) is 37.0. The molecule has 0 bridgehead atoms. The van der Waals surface area contributed by atoms with E-state index in [0.29, 0.717) is 0 Å². The predicted octanol–water partition coefficient (Wildman–Crippen LogP) is 31.2. The van der Waals surface area contributed by atoms with E-state index in [1.807, 2.05) is 0 Å². The number of aromatic nitrogens is 3. The van der Waals surface area contributed by atoms with E-state index in [-0.39, 0.29) is 21.7 Å². The molecule has 0 radical (unpaired) electrons. The van der Waals surface area contributed by atoms with Crippen LogP contribution in [0.1, 0.15) is 99.9 Å². The molecule has 0 unspecified atom stereocenters. The van der Waals surface area contributed by atoms with Crippen molar-refractivity contribution in [1.29, 1.82) is 0 Å². The van der Waals surface area contributed by atoms with Gasteiger partial charge in [0.05, 0.1) is 33.1 Å². The number of para-hydroxylation sites is 6. The van der Waals surface area contributed by atoms with Gasteiger partial charge in [0, 0.05) is 132 Å². The van der Waals surface area contributed by atoms with Crippen LogP contribution in [0.4, 0.5) is 34.1 Å². The number of fused-ring (bicyclic) bond motifs is 23. The van der Waals surface area contributed by atoms with Crippen LogP contribution < -0.4 is 14.7 Å². The summed E-state index contributed by atoms with van der Waals surface area (Å²) in [5.74, 6) is 0. The number of hydrogen-bond acceptors (Lipinski definition) is 3. The third-order valence-electron chi connectivity index (χ3n) is 28.8. The maximum Gasteiger partial charge on any atom is 0.0541 e. The van der Waals surface area contributed by atoms with Gasteiger partial charge in [-0.2, -0.15) is 0 Å². The molecule has 0 amide bonds. The largest absolute Gasteiger partial charge is 0.345 e. The Morgan fingerprint density at radius 2 is 0.424 bits per heavy atom. The first-order chi connectivity index (χ1) is 60.8. The summed E-state index contributed by atoms with van der Waals surface area (Å²) in [4.78, 5) is 6.97. The highest BCUT2D eigenvalue weighted by Crippen LogP contribution is 2.57. The average molecular weight is 1610 g/mol. The molecule has 3 aromatic heterocycles. The van der Waals surface area contributed by atoms with Crippen LogP contribution in [0.5, 0.6) is 0 Å². The van der Waals surface area contributed by atoms with E-state index < -0.39 is 0 Å². The standard InChI is InChI=1S/C43H36N2.2C38H30N2/c1-42(2)36-15-9-6-12-30(36)31-21-18-27(24-37(31)42)44(5)28-19-22-32-33-23-20-29(26-39(33)43(3,4)38(32)25-28)45-40-16-10-7-13-34(40)35-14-8-11-17-41(35)45;1-38(2)33-23-26(39(3)35-18-10-12-25-11-4-5-13-28(25)35)19-21-29(33)30-22-20-27(24-34(30)38)40-36-16-8-6-14-31(36)32-15-7-9-17-37(32)40;1-38(2)34-23-28(39(3)27-17-16-25-10-4-5-11-26(25)22-27)18-20-30(34)31-21-19-29(24-35(31)38)40-36-14-8-6-12-32(36)33-13-7-9-15-37(33)40/h6-26H,1-5H3;2*4-24H,1-3H3. The van der Waals surface area contributed by atoms with Gasteiger partial charge in [-0.25, -0.2) is 0 Å². The Labute approximate surface area is 731 Å². The van der Waals surface area contributed by atoms with E-state index >= 15 is 0 Å². The first-order valence-corrected chi connectivity index (χ1v) is 44.0. The number of anilines is 6. The maximum absolute atomic E-state index is 2.43. The van der Waals surface area contributed by atoms with E-state index in [1.165, 1.54) is 227 Å². The van der Waals surface area contributed by atoms with Gasteiger partial charge in [0.2, 0.25) is 0 Å². The summed E-state index contributed by atoms with van der Waals surface area (Å²) in [6.07, 6.45) is 0. The summed E-state index contributed by atoms with van der Waals surface area (Å²) >= 11 is 0. The monoisotopic (exact) mass is 1610 g/mol. The second kappa shape index (κ2) is 28.2. The first kappa shape index (κ1) is 75.3. The lowest BCUT2D eigenvalue weighted by atomic mass is 9.82. The van der Waals surface area contributed by atoms with Crippen LogP contribution in [0.3, 0.4) is 0 Å². The van der Waals surface area contributed by atoms with Gasteiger partial charge in [-0.05, 0) is 245 Å². The summed E-state index contributed by atoms with van der Waals surface area (Å²) < 4.78 is 7.27. The van der Waals surface area contributed by atoms with Gasteiger partial charge < -0.3 is 28.4 Å². The molecule has 21 aromatic rings. The maximum atomic E-state index is 2.43. The minimum Gasteiger partial charge on any atom is -0.345 e. The third-order valence-corrected chi connectivity index (χ3v) is 28.8. The van der Waals surface area contributed by atoms with Crippen molar-refractivity contribution in [2.45, 2.75) is 77.0 Å². The highest BCUT2D eigenvalue weighted by Gasteiger charge is 2.41. The van der Waals surface area contributed by atoms with Crippen LogP contribution in [-0.2, 0) is 21.7 Å². The lowest BCUT2D eigenvalue weighted by molar-refractivity contribution is 0.659. The molecule has 0 N–H and O–H groups in total. The normalized spacial score (nSPS) is 14.1. The van der Waals surface area contributed by atoms with Crippen molar-refractivity contribution in [3.63, 3.8) is 0 Å². The molecule has 0 saturated heterocycles. The van der Waals surface area contributed by atoms with Gasteiger partial charge in [-0.15, -0.1) is 0 Å². The molecule has 602 valence electrons. The summed E-state index contributed by atoms with van der Waals surface area (Å²) in [6.45, 7) is 18.9. The molecule has 4 aliphatic carbocycles. The Bertz CT molecular complexity index is 7900. The highest BCUT2D eigenvalue weighted by atomic mass is 15.1. The van der Waals surface area contributed by atoms with E-state index in [2.05, 4.69) is 487 Å². The number of hydrogen-bond donors (Lipinski definition) is 0. The lowest BCUT2D eigenvalue weighted by Gasteiger charge is -2.27. The Hall–Kier alpha value is -14.7. The molecule has 0 atom stereocenters. The molecule has 25 rings (SSSR count). The average Bonchev–Trinajstić information content (AvgIpc) is 1.57. The van der Waals surface area contributed by atoms with Crippen molar-refractivity contribution < 1.29 is 0 Å². The Morgan fingerprint density at radius 3 is 0.792 bits per heavy atom. The SMILES string of the molecule is CN(c1ccc2c(c1)C(C)(C)c1cc(-n3c4ccccc4c4ccccc43)ccc1-2)c1ccc2ccccc2c1.CN(c1ccc2c(c1)C(C)(C)c1cc(-n3c4ccccc4c4ccccc43)ccc1-2)c1cccc2ccccc12.CN(c1ccc2c(c1)C(C)(C)c1ccccc1-2)c1ccc2c(c1)C(C)(C)c1cc(-n3c4ccccc4c4ccccc43)ccc1-2. The van der Waals surface area contributed by atoms with E-state index in [4.69, 9.17) is 0 Å². The third kappa shape index (κ3) is 11.5. The van der Waals surface area contributed by atoms with Crippen LogP contribution in [-0.4, -0.2) is 34.8 Å². The van der Waals surface area contributed by atoms with Gasteiger partial charge in [0.1, 0.15) is 0 Å². The second-order valence-electron chi connectivity index (χ2n) is 37.0. The molecule has 0 saturated carbocycles. The van der Waals surface area contributed by atoms with Crippen molar-refractivity contribution in [1.82, 2.24) is 13.7 Å².